The van der Waals surface area contributed by atoms with Crippen LogP contribution in [0.5, 0.6) is 0 Å². The zero-order valence-corrected chi connectivity index (χ0v) is 10.5. The van der Waals surface area contributed by atoms with Crippen LogP contribution in [0.3, 0.4) is 0 Å². The first kappa shape index (κ1) is 11.2. The molecule has 0 saturated heterocycles. The minimum atomic E-state index is 0.980. The Kier molecular flexibility index (Phi) is 2.95. The molecule has 0 spiro atoms. The summed E-state index contributed by atoms with van der Waals surface area (Å²) in [7, 11) is 1.98. The fraction of sp³-hybridized carbons (Fsp3) is 0.188. The molecule has 1 N–H and O–H groups in total. The second-order valence-corrected chi connectivity index (χ2v) is 4.52. The molecule has 1 aromatic heterocycles. The molecule has 0 atom stereocenters. The Morgan fingerprint density at radius 3 is 2.72 bits per heavy atom. The molecule has 0 aliphatic heterocycles. The van der Waals surface area contributed by atoms with E-state index in [0.717, 1.165) is 24.0 Å². The van der Waals surface area contributed by atoms with Crippen LogP contribution in [0.2, 0.25) is 0 Å². The van der Waals surface area contributed by atoms with Gasteiger partial charge in [0.15, 0.2) is 0 Å². The SMILES string of the molecule is CNCCc1cccc2cc3ccccc3nc12. The maximum absolute atomic E-state index is 4.80. The predicted molar refractivity (Wildman–Crippen MR) is 76.9 cm³/mol. The van der Waals surface area contributed by atoms with Gasteiger partial charge in [0.1, 0.15) is 0 Å². The lowest BCUT2D eigenvalue weighted by atomic mass is 10.0. The van der Waals surface area contributed by atoms with Crippen LogP contribution in [-0.2, 0) is 6.42 Å². The lowest BCUT2D eigenvalue weighted by Gasteiger charge is -2.07. The first-order valence-corrected chi connectivity index (χ1v) is 6.30. The van der Waals surface area contributed by atoms with Crippen molar-refractivity contribution in [1.82, 2.24) is 10.3 Å². The van der Waals surface area contributed by atoms with Gasteiger partial charge < -0.3 is 5.32 Å². The summed E-state index contributed by atoms with van der Waals surface area (Å²) in [6.07, 6.45) is 1.01. The standard InChI is InChI=1S/C16H16N2/c1-17-10-9-12-6-4-7-14-11-13-5-2-3-8-15(13)18-16(12)14/h2-8,11,17H,9-10H2,1H3. The Labute approximate surface area is 107 Å². The van der Waals surface area contributed by atoms with E-state index in [1.54, 1.807) is 0 Å². The summed E-state index contributed by atoms with van der Waals surface area (Å²) >= 11 is 0. The van der Waals surface area contributed by atoms with Crippen molar-refractivity contribution in [3.05, 3.63) is 54.1 Å². The Morgan fingerprint density at radius 1 is 1.00 bits per heavy atom. The van der Waals surface area contributed by atoms with Gasteiger partial charge in [0.2, 0.25) is 0 Å². The van der Waals surface area contributed by atoms with Crippen LogP contribution in [-0.4, -0.2) is 18.6 Å². The number of benzene rings is 2. The third-order valence-electron chi connectivity index (χ3n) is 3.28. The molecule has 0 bridgehead atoms. The van der Waals surface area contributed by atoms with Crippen molar-refractivity contribution in [3.8, 4) is 0 Å². The van der Waals surface area contributed by atoms with Crippen LogP contribution in [0.25, 0.3) is 21.8 Å². The van der Waals surface area contributed by atoms with Crippen LogP contribution < -0.4 is 5.32 Å². The van der Waals surface area contributed by atoms with E-state index in [-0.39, 0.29) is 0 Å². The average molecular weight is 236 g/mol. The summed E-state index contributed by atoms with van der Waals surface area (Å²) in [5, 5.41) is 5.62. The van der Waals surface area contributed by atoms with E-state index in [4.69, 9.17) is 4.98 Å². The highest BCUT2D eigenvalue weighted by molar-refractivity contribution is 5.94. The van der Waals surface area contributed by atoms with E-state index >= 15 is 0 Å². The summed E-state index contributed by atoms with van der Waals surface area (Å²) < 4.78 is 0. The number of likely N-dealkylation sites (N-methyl/N-ethyl adjacent to an activating group) is 1. The first-order valence-electron chi connectivity index (χ1n) is 6.30. The molecule has 0 unspecified atom stereocenters. The van der Waals surface area contributed by atoms with Crippen LogP contribution in [0.4, 0.5) is 0 Å². The van der Waals surface area contributed by atoms with Crippen LogP contribution in [0.15, 0.2) is 48.5 Å². The van der Waals surface area contributed by atoms with Gasteiger partial charge in [0, 0.05) is 10.8 Å². The second kappa shape index (κ2) is 4.75. The van der Waals surface area contributed by atoms with Crippen molar-refractivity contribution in [2.45, 2.75) is 6.42 Å². The number of nitrogens with one attached hydrogen (secondary N) is 1. The lowest BCUT2D eigenvalue weighted by molar-refractivity contribution is 0.794. The molecule has 2 nitrogen and oxygen atoms in total. The molecule has 0 aliphatic carbocycles. The number of aromatic nitrogens is 1. The van der Waals surface area contributed by atoms with Crippen molar-refractivity contribution in [2.75, 3.05) is 13.6 Å². The molecule has 18 heavy (non-hydrogen) atoms. The average Bonchev–Trinajstić information content (AvgIpc) is 2.43. The minimum Gasteiger partial charge on any atom is -0.319 e. The molecule has 0 aliphatic rings. The van der Waals surface area contributed by atoms with Crippen LogP contribution in [0, 0.1) is 0 Å². The van der Waals surface area contributed by atoms with Crippen molar-refractivity contribution < 1.29 is 0 Å². The maximum Gasteiger partial charge on any atom is 0.0742 e. The number of hydrogen-bond acceptors (Lipinski definition) is 2. The van der Waals surface area contributed by atoms with Crippen LogP contribution in [0.1, 0.15) is 5.56 Å². The minimum absolute atomic E-state index is 0.980. The largest absolute Gasteiger partial charge is 0.319 e. The van der Waals surface area contributed by atoms with Gasteiger partial charge in [0.05, 0.1) is 11.0 Å². The molecule has 0 radical (unpaired) electrons. The van der Waals surface area contributed by atoms with Gasteiger partial charge in [-0.05, 0) is 37.7 Å². The van der Waals surface area contributed by atoms with E-state index in [1.165, 1.54) is 16.3 Å². The topological polar surface area (TPSA) is 24.9 Å². The Morgan fingerprint density at radius 2 is 1.83 bits per heavy atom. The summed E-state index contributed by atoms with van der Waals surface area (Å²) in [5.74, 6) is 0. The Balaban J connectivity index is 2.22. The van der Waals surface area contributed by atoms with Crippen molar-refractivity contribution in [2.24, 2.45) is 0 Å². The van der Waals surface area contributed by atoms with Gasteiger partial charge in [-0.2, -0.15) is 0 Å². The fourth-order valence-electron chi connectivity index (χ4n) is 2.32. The Bertz CT molecular complexity index is 689. The highest BCUT2D eigenvalue weighted by atomic mass is 14.8. The molecule has 2 heteroatoms. The van der Waals surface area contributed by atoms with E-state index in [9.17, 15) is 0 Å². The van der Waals surface area contributed by atoms with E-state index in [2.05, 4.69) is 47.8 Å². The Hall–Kier alpha value is -1.93. The van der Waals surface area contributed by atoms with Gasteiger partial charge in [-0.15, -0.1) is 0 Å². The van der Waals surface area contributed by atoms with E-state index < -0.39 is 0 Å². The highest BCUT2D eigenvalue weighted by Gasteiger charge is 2.03. The third-order valence-corrected chi connectivity index (χ3v) is 3.28. The first-order chi connectivity index (χ1) is 8.88. The number of fused-ring (bicyclic) bond motifs is 2. The summed E-state index contributed by atoms with van der Waals surface area (Å²) in [6, 6.07) is 16.9. The molecule has 0 fully saturated rings. The zero-order chi connectivity index (χ0) is 12.4. The van der Waals surface area contributed by atoms with Gasteiger partial charge in [-0.25, -0.2) is 4.98 Å². The van der Waals surface area contributed by atoms with Gasteiger partial charge in [0.25, 0.3) is 0 Å². The summed E-state index contributed by atoms with van der Waals surface area (Å²) in [6.45, 7) is 0.980. The van der Waals surface area contributed by atoms with Crippen molar-refractivity contribution in [1.29, 1.82) is 0 Å². The molecule has 0 saturated carbocycles. The normalized spacial score (nSPS) is 11.2. The van der Waals surface area contributed by atoms with E-state index in [0.29, 0.717) is 0 Å². The smallest absolute Gasteiger partial charge is 0.0742 e. The number of para-hydroxylation sites is 2. The van der Waals surface area contributed by atoms with Crippen molar-refractivity contribution in [3.63, 3.8) is 0 Å². The third kappa shape index (κ3) is 1.95. The molecular formula is C16H16N2. The monoisotopic (exact) mass is 236 g/mol. The van der Waals surface area contributed by atoms with Gasteiger partial charge in [-0.1, -0.05) is 36.4 Å². The summed E-state index contributed by atoms with van der Waals surface area (Å²) in [5.41, 5.74) is 3.51. The molecular weight excluding hydrogens is 220 g/mol. The van der Waals surface area contributed by atoms with Crippen molar-refractivity contribution >= 4 is 21.8 Å². The number of rotatable bonds is 3. The second-order valence-electron chi connectivity index (χ2n) is 4.52. The number of pyridine rings is 1. The number of nitrogens with zero attached hydrogens (tertiary/aromatic N) is 1. The quantitative estimate of drug-likeness (QED) is 0.707. The van der Waals surface area contributed by atoms with Gasteiger partial charge in [-0.3, -0.25) is 0 Å². The fourth-order valence-corrected chi connectivity index (χ4v) is 2.32. The lowest BCUT2D eigenvalue weighted by Crippen LogP contribution is -2.10. The molecule has 1 heterocycles. The highest BCUT2D eigenvalue weighted by Crippen LogP contribution is 2.22. The molecule has 90 valence electrons. The number of hydrogen-bond donors (Lipinski definition) is 1. The molecule has 2 aromatic carbocycles. The summed E-state index contributed by atoms with van der Waals surface area (Å²) in [4.78, 5) is 4.80. The molecule has 3 rings (SSSR count). The molecule has 3 aromatic rings. The zero-order valence-electron chi connectivity index (χ0n) is 10.5. The predicted octanol–water partition coefficient (Wildman–Crippen LogP) is 3.15. The van der Waals surface area contributed by atoms with Gasteiger partial charge >= 0.3 is 0 Å². The maximum atomic E-state index is 4.80. The molecule has 0 amide bonds. The van der Waals surface area contributed by atoms with E-state index in [1.807, 2.05) is 13.1 Å². The van der Waals surface area contributed by atoms with Crippen LogP contribution >= 0.6 is 0 Å².